The predicted octanol–water partition coefficient (Wildman–Crippen LogP) is -0.751. The molecule has 72 valence electrons. The van der Waals surface area contributed by atoms with Gasteiger partial charge in [0.1, 0.15) is 0 Å². The standard InChI is InChI=1S/C6H14N2O4/c1-10-6(9)8-12-5-4-11-3-2-7/h2-5,7H2,1H3,(H,8,9). The van der Waals surface area contributed by atoms with Crippen LogP contribution in [0.2, 0.25) is 0 Å². The van der Waals surface area contributed by atoms with Gasteiger partial charge in [0.05, 0.1) is 26.9 Å². The van der Waals surface area contributed by atoms with Gasteiger partial charge in [-0.05, 0) is 0 Å². The molecule has 12 heavy (non-hydrogen) atoms. The van der Waals surface area contributed by atoms with Gasteiger partial charge in [0.15, 0.2) is 0 Å². The van der Waals surface area contributed by atoms with Crippen molar-refractivity contribution in [2.24, 2.45) is 5.73 Å². The van der Waals surface area contributed by atoms with Crippen molar-refractivity contribution in [3.63, 3.8) is 0 Å². The third kappa shape index (κ3) is 7.26. The Bertz CT molecular complexity index is 120. The van der Waals surface area contributed by atoms with E-state index in [1.165, 1.54) is 7.11 Å². The maximum absolute atomic E-state index is 10.4. The fourth-order valence-corrected chi connectivity index (χ4v) is 0.438. The molecule has 6 heteroatoms. The van der Waals surface area contributed by atoms with E-state index in [4.69, 9.17) is 10.5 Å². The van der Waals surface area contributed by atoms with E-state index in [-0.39, 0.29) is 6.61 Å². The van der Waals surface area contributed by atoms with Crippen LogP contribution in [-0.2, 0) is 14.3 Å². The predicted molar refractivity (Wildman–Crippen MR) is 41.4 cm³/mol. The Balaban J connectivity index is 2.95. The average Bonchev–Trinajstić information content (AvgIpc) is 2.10. The van der Waals surface area contributed by atoms with Gasteiger partial charge in [-0.25, -0.2) is 4.79 Å². The molecule has 0 radical (unpaired) electrons. The Morgan fingerprint density at radius 1 is 1.42 bits per heavy atom. The van der Waals surface area contributed by atoms with Crippen molar-refractivity contribution in [2.75, 3.05) is 33.5 Å². The number of nitrogens with one attached hydrogen (secondary N) is 1. The number of rotatable bonds is 6. The van der Waals surface area contributed by atoms with Crippen LogP contribution in [0.1, 0.15) is 0 Å². The quantitative estimate of drug-likeness (QED) is 0.413. The lowest BCUT2D eigenvalue weighted by Crippen LogP contribution is -2.25. The first-order valence-electron chi connectivity index (χ1n) is 3.54. The van der Waals surface area contributed by atoms with E-state index in [1.807, 2.05) is 5.48 Å². The van der Waals surface area contributed by atoms with Gasteiger partial charge in [-0.3, -0.25) is 4.84 Å². The molecule has 0 aliphatic rings. The second-order valence-corrected chi connectivity index (χ2v) is 1.84. The first-order chi connectivity index (χ1) is 5.81. The first-order valence-corrected chi connectivity index (χ1v) is 3.54. The lowest BCUT2D eigenvalue weighted by Gasteiger charge is -2.04. The Labute approximate surface area is 70.9 Å². The molecule has 0 atom stereocenters. The highest BCUT2D eigenvalue weighted by atomic mass is 16.7. The third-order valence-corrected chi connectivity index (χ3v) is 0.933. The SMILES string of the molecule is COC(=O)NOCCOCCN. The van der Waals surface area contributed by atoms with E-state index in [0.29, 0.717) is 19.8 Å². The van der Waals surface area contributed by atoms with Gasteiger partial charge in [0.25, 0.3) is 0 Å². The third-order valence-electron chi connectivity index (χ3n) is 0.933. The number of hydrogen-bond acceptors (Lipinski definition) is 5. The molecule has 0 aromatic heterocycles. The summed E-state index contributed by atoms with van der Waals surface area (Å²) < 4.78 is 9.20. The molecule has 6 nitrogen and oxygen atoms in total. The van der Waals surface area contributed by atoms with E-state index in [1.54, 1.807) is 0 Å². The van der Waals surface area contributed by atoms with Crippen molar-refractivity contribution in [1.29, 1.82) is 0 Å². The molecule has 0 heterocycles. The Morgan fingerprint density at radius 3 is 2.75 bits per heavy atom. The molecule has 0 unspecified atom stereocenters. The van der Waals surface area contributed by atoms with Gasteiger partial charge in [-0.1, -0.05) is 0 Å². The van der Waals surface area contributed by atoms with Crippen molar-refractivity contribution in [1.82, 2.24) is 5.48 Å². The van der Waals surface area contributed by atoms with Crippen molar-refractivity contribution < 1.29 is 19.1 Å². The van der Waals surface area contributed by atoms with Crippen LogP contribution in [0, 0.1) is 0 Å². The van der Waals surface area contributed by atoms with Crippen LogP contribution in [0.25, 0.3) is 0 Å². The largest absolute Gasteiger partial charge is 0.451 e. The van der Waals surface area contributed by atoms with E-state index < -0.39 is 6.09 Å². The van der Waals surface area contributed by atoms with Crippen LogP contribution in [0.15, 0.2) is 0 Å². The van der Waals surface area contributed by atoms with E-state index in [0.717, 1.165) is 0 Å². The van der Waals surface area contributed by atoms with Crippen LogP contribution >= 0.6 is 0 Å². The zero-order chi connectivity index (χ0) is 9.23. The summed E-state index contributed by atoms with van der Waals surface area (Å²) in [5.41, 5.74) is 7.19. The van der Waals surface area contributed by atoms with E-state index >= 15 is 0 Å². The fraction of sp³-hybridized carbons (Fsp3) is 0.833. The summed E-state index contributed by atoms with van der Waals surface area (Å²) in [6, 6.07) is 0. The average molecular weight is 178 g/mol. The van der Waals surface area contributed by atoms with Crippen molar-refractivity contribution in [2.45, 2.75) is 0 Å². The number of hydrogen-bond donors (Lipinski definition) is 2. The molecule has 0 saturated heterocycles. The van der Waals surface area contributed by atoms with Crippen LogP contribution < -0.4 is 11.2 Å². The Morgan fingerprint density at radius 2 is 2.17 bits per heavy atom. The maximum atomic E-state index is 10.4. The number of nitrogens with two attached hydrogens (primary N) is 1. The van der Waals surface area contributed by atoms with Gasteiger partial charge >= 0.3 is 6.09 Å². The van der Waals surface area contributed by atoms with Crippen LogP contribution in [0.5, 0.6) is 0 Å². The number of hydroxylamine groups is 1. The van der Waals surface area contributed by atoms with Crippen molar-refractivity contribution in [3.8, 4) is 0 Å². The summed E-state index contributed by atoms with van der Waals surface area (Å²) in [5, 5.41) is 0. The van der Waals surface area contributed by atoms with Gasteiger partial charge in [-0.15, -0.1) is 0 Å². The van der Waals surface area contributed by atoms with Crippen LogP contribution in [0.4, 0.5) is 4.79 Å². The van der Waals surface area contributed by atoms with Crippen LogP contribution in [0.3, 0.4) is 0 Å². The molecular weight excluding hydrogens is 164 g/mol. The minimum atomic E-state index is -0.631. The minimum absolute atomic E-state index is 0.273. The van der Waals surface area contributed by atoms with E-state index in [2.05, 4.69) is 9.57 Å². The molecule has 0 saturated carbocycles. The number of ether oxygens (including phenoxy) is 2. The summed E-state index contributed by atoms with van der Waals surface area (Å²) in [6.07, 6.45) is -0.631. The summed E-state index contributed by atoms with van der Waals surface area (Å²) in [6.45, 7) is 1.63. The molecule has 0 aliphatic heterocycles. The highest BCUT2D eigenvalue weighted by Crippen LogP contribution is 1.75. The molecule has 0 aliphatic carbocycles. The van der Waals surface area contributed by atoms with Gasteiger partial charge in [-0.2, -0.15) is 5.48 Å². The Kier molecular flexibility index (Phi) is 7.66. The minimum Gasteiger partial charge on any atom is -0.451 e. The summed E-state index contributed by atoms with van der Waals surface area (Å²) in [4.78, 5) is 15.0. The van der Waals surface area contributed by atoms with Crippen molar-refractivity contribution in [3.05, 3.63) is 0 Å². The summed E-state index contributed by atoms with van der Waals surface area (Å²) in [5.74, 6) is 0. The zero-order valence-corrected chi connectivity index (χ0v) is 7.04. The van der Waals surface area contributed by atoms with E-state index in [9.17, 15) is 4.79 Å². The number of carbonyl (C=O) groups excluding carboxylic acids is 1. The summed E-state index contributed by atoms with van der Waals surface area (Å²) >= 11 is 0. The van der Waals surface area contributed by atoms with Gasteiger partial charge < -0.3 is 15.2 Å². The van der Waals surface area contributed by atoms with Gasteiger partial charge in [0, 0.05) is 6.54 Å². The molecule has 0 aromatic carbocycles. The molecule has 1 amide bonds. The van der Waals surface area contributed by atoms with Gasteiger partial charge in [0.2, 0.25) is 0 Å². The number of carbonyl (C=O) groups is 1. The monoisotopic (exact) mass is 178 g/mol. The highest BCUT2D eigenvalue weighted by Gasteiger charge is 1.95. The normalized spacial score (nSPS) is 9.50. The van der Waals surface area contributed by atoms with Crippen molar-refractivity contribution >= 4 is 6.09 Å². The topological polar surface area (TPSA) is 82.8 Å². The molecule has 0 spiro atoms. The highest BCUT2D eigenvalue weighted by molar-refractivity contribution is 5.65. The summed E-state index contributed by atoms with van der Waals surface area (Å²) in [7, 11) is 1.25. The Hall–Kier alpha value is -0.850. The first kappa shape index (κ1) is 11.2. The number of amides is 1. The molecule has 0 rings (SSSR count). The van der Waals surface area contributed by atoms with Crippen LogP contribution in [-0.4, -0.2) is 39.6 Å². The zero-order valence-electron chi connectivity index (χ0n) is 7.04. The molecule has 3 N–H and O–H groups in total. The second kappa shape index (κ2) is 8.25. The molecule has 0 aromatic rings. The maximum Gasteiger partial charge on any atom is 0.431 e. The second-order valence-electron chi connectivity index (χ2n) is 1.84. The molecule has 0 fully saturated rings. The number of methoxy groups -OCH3 is 1. The molecule has 0 bridgehead atoms. The lowest BCUT2D eigenvalue weighted by molar-refractivity contribution is -0.00101. The smallest absolute Gasteiger partial charge is 0.431 e. The molecular formula is C6H14N2O4. The lowest BCUT2D eigenvalue weighted by atomic mass is 10.7. The fourth-order valence-electron chi connectivity index (χ4n) is 0.438.